The highest BCUT2D eigenvalue weighted by molar-refractivity contribution is 5.82. The first-order chi connectivity index (χ1) is 8.29. The van der Waals surface area contributed by atoms with Gasteiger partial charge in [0.2, 0.25) is 0 Å². The van der Waals surface area contributed by atoms with Crippen molar-refractivity contribution in [1.29, 1.82) is 5.26 Å². The number of hydrogen-bond donors (Lipinski definition) is 0. The molecule has 2 aromatic carbocycles. The molecule has 0 radical (unpaired) electrons. The van der Waals surface area contributed by atoms with E-state index in [4.69, 9.17) is 5.26 Å². The number of halogens is 1. The molecule has 2 rings (SSSR count). The van der Waals surface area contributed by atoms with E-state index in [1.165, 1.54) is 12.1 Å². The molecular formula is C14H9FN2. The summed E-state index contributed by atoms with van der Waals surface area (Å²) in [5.74, 6) is -0.278. The SMILES string of the molecule is N#Cc1ccccc1N=Cc1ccc(F)cc1. The molecule has 0 aliphatic heterocycles. The Labute approximate surface area is 98.7 Å². The van der Waals surface area contributed by atoms with Crippen LogP contribution in [0.3, 0.4) is 0 Å². The van der Waals surface area contributed by atoms with Crippen molar-refractivity contribution in [2.45, 2.75) is 0 Å². The van der Waals surface area contributed by atoms with Crippen LogP contribution in [0.2, 0.25) is 0 Å². The molecular weight excluding hydrogens is 215 g/mol. The van der Waals surface area contributed by atoms with Crippen LogP contribution in [0.4, 0.5) is 10.1 Å². The van der Waals surface area contributed by atoms with Gasteiger partial charge in [-0.3, -0.25) is 4.99 Å². The Morgan fingerprint density at radius 2 is 1.76 bits per heavy atom. The van der Waals surface area contributed by atoms with Crippen LogP contribution in [0.15, 0.2) is 53.5 Å². The van der Waals surface area contributed by atoms with E-state index in [-0.39, 0.29) is 5.82 Å². The summed E-state index contributed by atoms with van der Waals surface area (Å²) in [4.78, 5) is 4.21. The maximum Gasteiger partial charge on any atom is 0.123 e. The van der Waals surface area contributed by atoms with Gasteiger partial charge in [0.15, 0.2) is 0 Å². The lowest BCUT2D eigenvalue weighted by Gasteiger charge is -1.96. The second-order valence-corrected chi connectivity index (χ2v) is 3.44. The zero-order chi connectivity index (χ0) is 12.1. The first-order valence-electron chi connectivity index (χ1n) is 5.08. The van der Waals surface area contributed by atoms with E-state index in [0.717, 1.165) is 5.56 Å². The van der Waals surface area contributed by atoms with E-state index in [9.17, 15) is 4.39 Å². The minimum Gasteiger partial charge on any atom is -0.255 e. The molecule has 0 amide bonds. The van der Waals surface area contributed by atoms with Gasteiger partial charge in [-0.15, -0.1) is 0 Å². The average Bonchev–Trinajstić information content (AvgIpc) is 2.38. The lowest BCUT2D eigenvalue weighted by molar-refractivity contribution is 0.628. The Morgan fingerprint density at radius 3 is 2.47 bits per heavy atom. The molecule has 82 valence electrons. The third-order valence-corrected chi connectivity index (χ3v) is 2.25. The summed E-state index contributed by atoms with van der Waals surface area (Å²) in [5.41, 5.74) is 1.92. The summed E-state index contributed by atoms with van der Waals surface area (Å²) < 4.78 is 12.7. The normalized spacial score (nSPS) is 10.4. The van der Waals surface area contributed by atoms with E-state index in [0.29, 0.717) is 11.3 Å². The van der Waals surface area contributed by atoms with Crippen LogP contribution in [0, 0.1) is 17.1 Å². The largest absolute Gasteiger partial charge is 0.255 e. The highest BCUT2D eigenvalue weighted by Crippen LogP contribution is 2.17. The van der Waals surface area contributed by atoms with Gasteiger partial charge in [-0.2, -0.15) is 5.26 Å². The van der Waals surface area contributed by atoms with E-state index in [1.807, 2.05) is 6.07 Å². The highest BCUT2D eigenvalue weighted by atomic mass is 19.1. The maximum absolute atomic E-state index is 12.7. The number of para-hydroxylation sites is 1. The lowest BCUT2D eigenvalue weighted by Crippen LogP contribution is -1.82. The summed E-state index contributed by atoms with van der Waals surface area (Å²) in [7, 11) is 0. The topological polar surface area (TPSA) is 36.1 Å². The van der Waals surface area contributed by atoms with Gasteiger partial charge in [0, 0.05) is 6.21 Å². The molecule has 3 heteroatoms. The van der Waals surface area contributed by atoms with Gasteiger partial charge in [0.05, 0.1) is 11.3 Å². The molecule has 0 atom stereocenters. The number of rotatable bonds is 2. The van der Waals surface area contributed by atoms with E-state index in [1.54, 1.807) is 36.5 Å². The van der Waals surface area contributed by atoms with Crippen molar-refractivity contribution in [3.8, 4) is 6.07 Å². The molecule has 0 bridgehead atoms. The molecule has 2 nitrogen and oxygen atoms in total. The quantitative estimate of drug-likeness (QED) is 0.719. The summed E-state index contributed by atoms with van der Waals surface area (Å²) in [5, 5.41) is 8.88. The van der Waals surface area contributed by atoms with Gasteiger partial charge in [-0.25, -0.2) is 4.39 Å². The second kappa shape index (κ2) is 5.04. The van der Waals surface area contributed by atoms with Gasteiger partial charge in [-0.1, -0.05) is 24.3 Å². The van der Waals surface area contributed by atoms with E-state index >= 15 is 0 Å². The Hall–Kier alpha value is -2.47. The number of nitriles is 1. The monoisotopic (exact) mass is 224 g/mol. The minimum atomic E-state index is -0.278. The predicted octanol–water partition coefficient (Wildman–Crippen LogP) is 3.45. The van der Waals surface area contributed by atoms with Gasteiger partial charge in [-0.05, 0) is 29.8 Å². The zero-order valence-corrected chi connectivity index (χ0v) is 8.97. The molecule has 0 aromatic heterocycles. The van der Waals surface area contributed by atoms with Gasteiger partial charge >= 0.3 is 0 Å². The molecule has 2 aromatic rings. The van der Waals surface area contributed by atoms with Crippen LogP contribution in [0.5, 0.6) is 0 Å². The standard InChI is InChI=1S/C14H9FN2/c15-13-7-5-11(6-8-13)10-17-14-4-2-1-3-12(14)9-16/h1-8,10H. The van der Waals surface area contributed by atoms with Crippen LogP contribution in [0.25, 0.3) is 0 Å². The van der Waals surface area contributed by atoms with Crippen molar-refractivity contribution in [3.63, 3.8) is 0 Å². The molecule has 0 unspecified atom stereocenters. The van der Waals surface area contributed by atoms with Crippen molar-refractivity contribution in [2.75, 3.05) is 0 Å². The molecule has 17 heavy (non-hydrogen) atoms. The van der Waals surface area contributed by atoms with E-state index < -0.39 is 0 Å². The van der Waals surface area contributed by atoms with Crippen molar-refractivity contribution < 1.29 is 4.39 Å². The fraction of sp³-hybridized carbons (Fsp3) is 0. The fourth-order valence-electron chi connectivity index (χ4n) is 1.37. The molecule has 0 spiro atoms. The Morgan fingerprint density at radius 1 is 1.06 bits per heavy atom. The zero-order valence-electron chi connectivity index (χ0n) is 8.97. The third-order valence-electron chi connectivity index (χ3n) is 2.25. The van der Waals surface area contributed by atoms with Crippen LogP contribution >= 0.6 is 0 Å². The van der Waals surface area contributed by atoms with Gasteiger partial charge < -0.3 is 0 Å². The highest BCUT2D eigenvalue weighted by Gasteiger charge is 1.97. The average molecular weight is 224 g/mol. The molecule has 0 fully saturated rings. The Balaban J connectivity index is 2.26. The fourth-order valence-corrected chi connectivity index (χ4v) is 1.37. The second-order valence-electron chi connectivity index (χ2n) is 3.44. The molecule has 0 saturated heterocycles. The number of benzene rings is 2. The van der Waals surface area contributed by atoms with Crippen molar-refractivity contribution >= 4 is 11.9 Å². The first-order valence-corrected chi connectivity index (χ1v) is 5.08. The van der Waals surface area contributed by atoms with Crippen LogP contribution in [-0.2, 0) is 0 Å². The summed E-state index contributed by atoms with van der Waals surface area (Å²) in [6, 6.07) is 15.2. The van der Waals surface area contributed by atoms with Gasteiger partial charge in [0.1, 0.15) is 11.9 Å². The maximum atomic E-state index is 12.7. The Bertz CT molecular complexity index is 580. The summed E-state index contributed by atoms with van der Waals surface area (Å²) >= 11 is 0. The van der Waals surface area contributed by atoms with Crippen LogP contribution < -0.4 is 0 Å². The van der Waals surface area contributed by atoms with Crippen molar-refractivity contribution in [2.24, 2.45) is 4.99 Å². The number of nitrogens with zero attached hydrogens (tertiary/aromatic N) is 2. The summed E-state index contributed by atoms with van der Waals surface area (Å²) in [6.07, 6.45) is 1.61. The third kappa shape index (κ3) is 2.76. The molecule has 0 saturated carbocycles. The Kier molecular flexibility index (Phi) is 3.27. The first kappa shape index (κ1) is 11.0. The lowest BCUT2D eigenvalue weighted by atomic mass is 10.2. The molecule has 0 aliphatic rings. The van der Waals surface area contributed by atoms with E-state index in [2.05, 4.69) is 11.1 Å². The van der Waals surface area contributed by atoms with Crippen LogP contribution in [0.1, 0.15) is 11.1 Å². The molecule has 0 aliphatic carbocycles. The number of hydrogen-bond acceptors (Lipinski definition) is 2. The molecule has 0 heterocycles. The van der Waals surface area contributed by atoms with Crippen molar-refractivity contribution in [3.05, 3.63) is 65.5 Å². The van der Waals surface area contributed by atoms with Gasteiger partial charge in [0.25, 0.3) is 0 Å². The smallest absolute Gasteiger partial charge is 0.123 e. The van der Waals surface area contributed by atoms with Crippen molar-refractivity contribution in [1.82, 2.24) is 0 Å². The number of aliphatic imine (C=N–C) groups is 1. The minimum absolute atomic E-state index is 0.278. The molecule has 0 N–H and O–H groups in total. The predicted molar refractivity (Wildman–Crippen MR) is 64.8 cm³/mol. The van der Waals surface area contributed by atoms with Crippen LogP contribution in [-0.4, -0.2) is 6.21 Å². The summed E-state index contributed by atoms with van der Waals surface area (Å²) in [6.45, 7) is 0.